The van der Waals surface area contributed by atoms with Crippen LogP contribution < -0.4 is 10.6 Å². The summed E-state index contributed by atoms with van der Waals surface area (Å²) < 4.78 is 5.40. The second-order valence-electron chi connectivity index (χ2n) is 5.01. The van der Waals surface area contributed by atoms with Crippen molar-refractivity contribution in [2.75, 3.05) is 19.7 Å². The summed E-state index contributed by atoms with van der Waals surface area (Å²) in [5.74, 6) is -0.767. The minimum absolute atomic E-state index is 0.159. The molecule has 0 atom stereocenters. The molecule has 118 valence electrons. The van der Waals surface area contributed by atoms with Gasteiger partial charge in [-0.3, -0.25) is 4.79 Å². The molecule has 0 aromatic carbocycles. The Morgan fingerprint density at radius 2 is 1.60 bits per heavy atom. The number of aliphatic carboxylic acids is 1. The summed E-state index contributed by atoms with van der Waals surface area (Å²) in [5.41, 5.74) is 0. The quantitative estimate of drug-likeness (QED) is 0.480. The minimum atomic E-state index is -0.767. The van der Waals surface area contributed by atoms with Crippen molar-refractivity contribution in [3.63, 3.8) is 0 Å². The van der Waals surface area contributed by atoms with Gasteiger partial charge in [0.1, 0.15) is 0 Å². The van der Waals surface area contributed by atoms with Crippen LogP contribution in [0.2, 0.25) is 0 Å². The highest BCUT2D eigenvalue weighted by Gasteiger charge is 2.00. The average molecular weight is 288 g/mol. The van der Waals surface area contributed by atoms with Crippen LogP contribution in [0.1, 0.15) is 52.4 Å². The normalized spacial score (nSPS) is 10.6. The smallest absolute Gasteiger partial charge is 0.314 e. The molecule has 6 nitrogen and oxygen atoms in total. The molecule has 0 aliphatic carbocycles. The van der Waals surface area contributed by atoms with E-state index >= 15 is 0 Å². The van der Waals surface area contributed by atoms with Crippen LogP contribution in [0.15, 0.2) is 0 Å². The van der Waals surface area contributed by atoms with E-state index in [-0.39, 0.29) is 18.6 Å². The van der Waals surface area contributed by atoms with Crippen LogP contribution in [0.3, 0.4) is 0 Å². The highest BCUT2D eigenvalue weighted by Crippen LogP contribution is 1.98. The van der Waals surface area contributed by atoms with Gasteiger partial charge in [0.2, 0.25) is 0 Å². The molecule has 0 saturated carbocycles. The zero-order valence-electron chi connectivity index (χ0n) is 12.6. The van der Waals surface area contributed by atoms with Crippen molar-refractivity contribution in [3.8, 4) is 0 Å². The van der Waals surface area contributed by atoms with Crippen molar-refractivity contribution in [2.24, 2.45) is 0 Å². The maximum absolute atomic E-state index is 11.4. The minimum Gasteiger partial charge on any atom is -0.481 e. The number of nitrogens with one attached hydrogen (secondary N) is 2. The van der Waals surface area contributed by atoms with Gasteiger partial charge in [-0.25, -0.2) is 4.79 Å². The number of hydrogen-bond donors (Lipinski definition) is 3. The number of urea groups is 1. The number of carbonyl (C=O) groups is 2. The Morgan fingerprint density at radius 3 is 2.15 bits per heavy atom. The summed E-state index contributed by atoms with van der Waals surface area (Å²) in [4.78, 5) is 21.7. The average Bonchev–Trinajstić information content (AvgIpc) is 2.37. The SMILES string of the molecule is CC(C)OCCCCNC(=O)NCCCCCC(=O)O. The van der Waals surface area contributed by atoms with E-state index in [0.717, 1.165) is 32.3 Å². The van der Waals surface area contributed by atoms with Gasteiger partial charge in [0.15, 0.2) is 0 Å². The summed E-state index contributed by atoms with van der Waals surface area (Å²) in [6, 6.07) is -0.159. The molecule has 0 fully saturated rings. The van der Waals surface area contributed by atoms with Gasteiger partial charge in [0, 0.05) is 26.1 Å². The maximum atomic E-state index is 11.4. The molecule has 0 heterocycles. The van der Waals surface area contributed by atoms with Crippen LogP contribution in [0.5, 0.6) is 0 Å². The van der Waals surface area contributed by atoms with Gasteiger partial charge in [-0.05, 0) is 39.5 Å². The zero-order valence-corrected chi connectivity index (χ0v) is 12.6. The Bertz CT molecular complexity index is 270. The third-order valence-electron chi connectivity index (χ3n) is 2.66. The lowest BCUT2D eigenvalue weighted by molar-refractivity contribution is -0.137. The van der Waals surface area contributed by atoms with Crippen molar-refractivity contribution in [1.29, 1.82) is 0 Å². The second-order valence-corrected chi connectivity index (χ2v) is 5.01. The molecule has 0 saturated heterocycles. The molecule has 0 radical (unpaired) electrons. The van der Waals surface area contributed by atoms with Gasteiger partial charge in [0.05, 0.1) is 6.10 Å². The van der Waals surface area contributed by atoms with Crippen LogP contribution in [-0.4, -0.2) is 42.9 Å². The van der Waals surface area contributed by atoms with E-state index in [1.807, 2.05) is 13.8 Å². The maximum Gasteiger partial charge on any atom is 0.314 e. The Hall–Kier alpha value is -1.30. The molecule has 0 aliphatic rings. The van der Waals surface area contributed by atoms with Gasteiger partial charge in [-0.15, -0.1) is 0 Å². The molecule has 0 aromatic rings. The van der Waals surface area contributed by atoms with E-state index < -0.39 is 5.97 Å². The van der Waals surface area contributed by atoms with Crippen LogP contribution in [-0.2, 0) is 9.53 Å². The monoisotopic (exact) mass is 288 g/mol. The Kier molecular flexibility index (Phi) is 11.9. The van der Waals surface area contributed by atoms with Crippen LogP contribution in [0.25, 0.3) is 0 Å². The van der Waals surface area contributed by atoms with Crippen molar-refractivity contribution in [1.82, 2.24) is 10.6 Å². The van der Waals surface area contributed by atoms with E-state index in [0.29, 0.717) is 19.5 Å². The second kappa shape index (κ2) is 12.7. The molecule has 0 rings (SSSR count). The standard InChI is InChI=1S/C14H28N2O4/c1-12(2)20-11-7-6-10-16-14(19)15-9-5-3-4-8-13(17)18/h12H,3-11H2,1-2H3,(H,17,18)(H2,15,16,19). The molecule has 0 spiro atoms. The summed E-state index contributed by atoms with van der Waals surface area (Å²) in [7, 11) is 0. The number of hydrogen-bond acceptors (Lipinski definition) is 3. The van der Waals surface area contributed by atoms with Crippen LogP contribution in [0.4, 0.5) is 4.79 Å². The predicted octanol–water partition coefficient (Wildman–Crippen LogP) is 2.14. The number of ether oxygens (including phenoxy) is 1. The molecule has 0 bridgehead atoms. The first-order valence-corrected chi connectivity index (χ1v) is 7.37. The highest BCUT2D eigenvalue weighted by molar-refractivity contribution is 5.73. The fourth-order valence-corrected chi connectivity index (χ4v) is 1.59. The molecule has 0 aromatic heterocycles. The molecular weight excluding hydrogens is 260 g/mol. The first-order chi connectivity index (χ1) is 9.52. The lowest BCUT2D eigenvalue weighted by Gasteiger charge is -2.09. The summed E-state index contributed by atoms with van der Waals surface area (Å²) in [6.45, 7) is 5.96. The summed E-state index contributed by atoms with van der Waals surface area (Å²) in [6.07, 6.45) is 4.58. The number of carbonyl (C=O) groups excluding carboxylic acids is 1. The van der Waals surface area contributed by atoms with E-state index in [4.69, 9.17) is 9.84 Å². The topological polar surface area (TPSA) is 87.7 Å². The molecule has 0 aliphatic heterocycles. The highest BCUT2D eigenvalue weighted by atomic mass is 16.5. The van der Waals surface area contributed by atoms with Crippen molar-refractivity contribution < 1.29 is 19.4 Å². The lowest BCUT2D eigenvalue weighted by Crippen LogP contribution is -2.36. The Morgan fingerprint density at radius 1 is 1.00 bits per heavy atom. The van der Waals surface area contributed by atoms with E-state index in [2.05, 4.69) is 10.6 Å². The number of amides is 2. The fourth-order valence-electron chi connectivity index (χ4n) is 1.59. The van der Waals surface area contributed by atoms with Crippen molar-refractivity contribution in [2.45, 2.75) is 58.5 Å². The Balaban J connectivity index is 3.23. The van der Waals surface area contributed by atoms with Crippen molar-refractivity contribution >= 4 is 12.0 Å². The van der Waals surface area contributed by atoms with Gasteiger partial charge in [0.25, 0.3) is 0 Å². The predicted molar refractivity (Wildman–Crippen MR) is 77.8 cm³/mol. The van der Waals surface area contributed by atoms with Crippen molar-refractivity contribution in [3.05, 3.63) is 0 Å². The van der Waals surface area contributed by atoms with E-state index in [9.17, 15) is 9.59 Å². The molecule has 6 heteroatoms. The third-order valence-corrected chi connectivity index (χ3v) is 2.66. The largest absolute Gasteiger partial charge is 0.481 e. The van der Waals surface area contributed by atoms with Crippen LogP contribution in [0, 0.1) is 0 Å². The number of carboxylic acid groups (broad SMARTS) is 1. The molecule has 3 N–H and O–H groups in total. The summed E-state index contributed by atoms with van der Waals surface area (Å²) in [5, 5.41) is 14.0. The third kappa shape index (κ3) is 14.8. The van der Waals surface area contributed by atoms with Gasteiger partial charge >= 0.3 is 12.0 Å². The molecular formula is C14H28N2O4. The number of carboxylic acids is 1. The fraction of sp³-hybridized carbons (Fsp3) is 0.857. The Labute approximate surface area is 121 Å². The zero-order chi connectivity index (χ0) is 15.2. The van der Waals surface area contributed by atoms with E-state index in [1.54, 1.807) is 0 Å². The summed E-state index contributed by atoms with van der Waals surface area (Å²) >= 11 is 0. The first-order valence-electron chi connectivity index (χ1n) is 7.37. The molecule has 0 unspecified atom stereocenters. The first kappa shape index (κ1) is 18.7. The van der Waals surface area contributed by atoms with Crippen LogP contribution >= 0.6 is 0 Å². The molecule has 20 heavy (non-hydrogen) atoms. The van der Waals surface area contributed by atoms with E-state index in [1.165, 1.54) is 0 Å². The number of unbranched alkanes of at least 4 members (excludes halogenated alkanes) is 3. The number of rotatable bonds is 12. The molecule has 2 amide bonds. The van der Waals surface area contributed by atoms with Gasteiger partial charge < -0.3 is 20.5 Å². The van der Waals surface area contributed by atoms with Gasteiger partial charge in [-0.2, -0.15) is 0 Å². The lowest BCUT2D eigenvalue weighted by atomic mass is 10.2. The van der Waals surface area contributed by atoms with Gasteiger partial charge in [-0.1, -0.05) is 6.42 Å².